The third-order valence-corrected chi connectivity index (χ3v) is 2.96. The van der Waals surface area contributed by atoms with Gasteiger partial charge in [0, 0.05) is 25.0 Å². The molecule has 1 N–H and O–H groups in total. The minimum Gasteiger partial charge on any atom is -0.497 e. The van der Waals surface area contributed by atoms with Crippen LogP contribution in [-0.4, -0.2) is 12.1 Å². The predicted molar refractivity (Wildman–Crippen MR) is 72.5 cm³/mol. The maximum Gasteiger partial charge on any atom is 0.118 e. The summed E-state index contributed by atoms with van der Waals surface area (Å²) in [4.78, 5) is 4.13. The van der Waals surface area contributed by atoms with Crippen molar-refractivity contribution in [2.45, 2.75) is 19.5 Å². The molecule has 0 amide bonds. The average Bonchev–Trinajstić information content (AvgIpc) is 2.46. The topological polar surface area (TPSA) is 34.1 Å². The molecule has 0 aliphatic heterocycles. The molecule has 2 rings (SSSR count). The molecule has 0 radical (unpaired) electrons. The summed E-state index contributed by atoms with van der Waals surface area (Å²) in [6.45, 7) is 2.97. The molecule has 0 aliphatic rings. The van der Waals surface area contributed by atoms with E-state index in [1.54, 1.807) is 13.3 Å². The van der Waals surface area contributed by atoms with E-state index in [0.29, 0.717) is 6.04 Å². The Hall–Kier alpha value is -1.87. The number of rotatable bonds is 5. The molecule has 1 atom stereocenters. The molecular weight excluding hydrogens is 224 g/mol. The van der Waals surface area contributed by atoms with Crippen LogP contribution in [0.1, 0.15) is 24.1 Å². The summed E-state index contributed by atoms with van der Waals surface area (Å²) in [5.41, 5.74) is 2.44. The SMILES string of the molecule is COc1ccc(CN[C@H](C)c2cccnc2)cc1. The van der Waals surface area contributed by atoms with Crippen molar-refractivity contribution in [2.75, 3.05) is 7.11 Å². The van der Waals surface area contributed by atoms with E-state index in [-0.39, 0.29) is 0 Å². The van der Waals surface area contributed by atoms with Crippen LogP contribution >= 0.6 is 0 Å². The molecule has 1 aromatic heterocycles. The lowest BCUT2D eigenvalue weighted by Gasteiger charge is -2.13. The Balaban J connectivity index is 1.91. The summed E-state index contributed by atoms with van der Waals surface area (Å²) in [7, 11) is 1.68. The van der Waals surface area contributed by atoms with Crippen LogP contribution in [0.15, 0.2) is 48.8 Å². The van der Waals surface area contributed by atoms with Crippen molar-refractivity contribution in [2.24, 2.45) is 0 Å². The predicted octanol–water partition coefficient (Wildman–Crippen LogP) is 2.94. The van der Waals surface area contributed by atoms with Crippen molar-refractivity contribution in [1.29, 1.82) is 0 Å². The first-order valence-corrected chi connectivity index (χ1v) is 6.06. The highest BCUT2D eigenvalue weighted by molar-refractivity contribution is 5.27. The van der Waals surface area contributed by atoms with Gasteiger partial charge in [-0.15, -0.1) is 0 Å². The summed E-state index contributed by atoms with van der Waals surface area (Å²) >= 11 is 0. The number of methoxy groups -OCH3 is 1. The smallest absolute Gasteiger partial charge is 0.118 e. The van der Waals surface area contributed by atoms with Gasteiger partial charge in [0.25, 0.3) is 0 Å². The van der Waals surface area contributed by atoms with Crippen molar-refractivity contribution in [3.63, 3.8) is 0 Å². The number of ether oxygens (including phenoxy) is 1. The first kappa shape index (κ1) is 12.6. The summed E-state index contributed by atoms with van der Waals surface area (Å²) in [5.74, 6) is 0.888. The van der Waals surface area contributed by atoms with Gasteiger partial charge in [0.1, 0.15) is 5.75 Å². The Morgan fingerprint density at radius 1 is 1.22 bits per heavy atom. The van der Waals surface area contributed by atoms with Crippen LogP contribution in [0.4, 0.5) is 0 Å². The number of hydrogen-bond acceptors (Lipinski definition) is 3. The lowest BCUT2D eigenvalue weighted by Crippen LogP contribution is -2.18. The fourth-order valence-corrected chi connectivity index (χ4v) is 1.76. The Morgan fingerprint density at radius 3 is 2.61 bits per heavy atom. The fourth-order valence-electron chi connectivity index (χ4n) is 1.76. The van der Waals surface area contributed by atoms with E-state index in [9.17, 15) is 0 Å². The van der Waals surface area contributed by atoms with Crippen LogP contribution in [-0.2, 0) is 6.54 Å². The van der Waals surface area contributed by atoms with Crippen LogP contribution < -0.4 is 10.1 Å². The van der Waals surface area contributed by atoms with Crippen molar-refractivity contribution >= 4 is 0 Å². The molecule has 1 aromatic carbocycles. The molecule has 2 aromatic rings. The van der Waals surface area contributed by atoms with Gasteiger partial charge in [0.05, 0.1) is 7.11 Å². The van der Waals surface area contributed by atoms with Crippen molar-refractivity contribution < 1.29 is 4.74 Å². The van der Waals surface area contributed by atoms with Crippen LogP contribution in [0, 0.1) is 0 Å². The van der Waals surface area contributed by atoms with Crippen LogP contribution in [0.2, 0.25) is 0 Å². The molecular formula is C15H18N2O. The average molecular weight is 242 g/mol. The van der Waals surface area contributed by atoms with E-state index in [1.807, 2.05) is 24.4 Å². The Kier molecular flexibility index (Phi) is 4.31. The summed E-state index contributed by atoms with van der Waals surface area (Å²) < 4.78 is 5.14. The van der Waals surface area contributed by atoms with Crippen LogP contribution in [0.3, 0.4) is 0 Å². The lowest BCUT2D eigenvalue weighted by atomic mass is 10.1. The highest BCUT2D eigenvalue weighted by atomic mass is 16.5. The second-order valence-electron chi connectivity index (χ2n) is 4.24. The quantitative estimate of drug-likeness (QED) is 0.875. The molecule has 94 valence electrons. The van der Waals surface area contributed by atoms with Crippen molar-refractivity contribution in [1.82, 2.24) is 10.3 Å². The molecule has 0 bridgehead atoms. The Morgan fingerprint density at radius 2 is 2.00 bits per heavy atom. The Labute approximate surface area is 108 Å². The highest BCUT2D eigenvalue weighted by Gasteiger charge is 2.04. The van der Waals surface area contributed by atoms with E-state index < -0.39 is 0 Å². The van der Waals surface area contributed by atoms with Gasteiger partial charge in [-0.05, 0) is 36.2 Å². The maximum absolute atomic E-state index is 5.14. The van der Waals surface area contributed by atoms with E-state index in [1.165, 1.54) is 11.1 Å². The third-order valence-electron chi connectivity index (χ3n) is 2.96. The highest BCUT2D eigenvalue weighted by Crippen LogP contribution is 2.14. The first-order chi connectivity index (χ1) is 8.79. The molecule has 3 heteroatoms. The lowest BCUT2D eigenvalue weighted by molar-refractivity contribution is 0.414. The summed E-state index contributed by atoms with van der Waals surface area (Å²) in [6.07, 6.45) is 3.69. The van der Waals surface area contributed by atoms with Crippen LogP contribution in [0.5, 0.6) is 5.75 Å². The van der Waals surface area contributed by atoms with Gasteiger partial charge >= 0.3 is 0 Å². The number of nitrogens with zero attached hydrogens (tertiary/aromatic N) is 1. The molecule has 18 heavy (non-hydrogen) atoms. The molecule has 0 saturated carbocycles. The van der Waals surface area contributed by atoms with Gasteiger partial charge in [0.2, 0.25) is 0 Å². The zero-order valence-corrected chi connectivity index (χ0v) is 10.8. The zero-order chi connectivity index (χ0) is 12.8. The van der Waals surface area contributed by atoms with E-state index in [0.717, 1.165) is 12.3 Å². The standard InChI is InChI=1S/C15H18N2O/c1-12(14-4-3-9-16-11-14)17-10-13-5-7-15(18-2)8-6-13/h3-9,11-12,17H,10H2,1-2H3/t12-/m1/s1. The first-order valence-electron chi connectivity index (χ1n) is 6.06. The Bertz CT molecular complexity index is 468. The normalized spacial score (nSPS) is 12.1. The van der Waals surface area contributed by atoms with Gasteiger partial charge in [0.15, 0.2) is 0 Å². The molecule has 3 nitrogen and oxygen atoms in total. The number of hydrogen-bond donors (Lipinski definition) is 1. The van der Waals surface area contributed by atoms with E-state index in [2.05, 4.69) is 35.4 Å². The largest absolute Gasteiger partial charge is 0.497 e. The van der Waals surface area contributed by atoms with Gasteiger partial charge in [-0.2, -0.15) is 0 Å². The number of aromatic nitrogens is 1. The number of benzene rings is 1. The monoisotopic (exact) mass is 242 g/mol. The van der Waals surface area contributed by atoms with Gasteiger partial charge in [-0.3, -0.25) is 4.98 Å². The van der Waals surface area contributed by atoms with E-state index in [4.69, 9.17) is 4.74 Å². The van der Waals surface area contributed by atoms with Crippen LogP contribution in [0.25, 0.3) is 0 Å². The summed E-state index contributed by atoms with van der Waals surface area (Å²) in [5, 5.41) is 3.47. The maximum atomic E-state index is 5.14. The zero-order valence-electron chi connectivity index (χ0n) is 10.8. The minimum atomic E-state index is 0.292. The molecule has 0 unspecified atom stereocenters. The molecule has 0 saturated heterocycles. The molecule has 0 aliphatic carbocycles. The van der Waals surface area contributed by atoms with Crippen molar-refractivity contribution in [3.05, 3.63) is 59.9 Å². The number of pyridine rings is 1. The third kappa shape index (κ3) is 3.31. The fraction of sp³-hybridized carbons (Fsp3) is 0.267. The molecule has 1 heterocycles. The van der Waals surface area contributed by atoms with E-state index >= 15 is 0 Å². The van der Waals surface area contributed by atoms with Gasteiger partial charge in [-0.25, -0.2) is 0 Å². The van der Waals surface area contributed by atoms with Gasteiger partial charge in [-0.1, -0.05) is 18.2 Å². The number of nitrogens with one attached hydrogen (secondary N) is 1. The second-order valence-corrected chi connectivity index (χ2v) is 4.24. The summed E-state index contributed by atoms with van der Waals surface area (Å²) in [6, 6.07) is 12.4. The molecule has 0 fully saturated rings. The second kappa shape index (κ2) is 6.17. The minimum absolute atomic E-state index is 0.292. The van der Waals surface area contributed by atoms with Gasteiger partial charge < -0.3 is 10.1 Å². The van der Waals surface area contributed by atoms with Crippen molar-refractivity contribution in [3.8, 4) is 5.75 Å². The molecule has 0 spiro atoms.